The molecule has 2 aromatic carbocycles. The quantitative estimate of drug-likeness (QED) is 0.415. The molecule has 2 aromatic rings. The van der Waals surface area contributed by atoms with Crippen LogP contribution in [0.4, 0.5) is 0 Å². The molecule has 0 fully saturated rings. The van der Waals surface area contributed by atoms with E-state index in [2.05, 4.69) is 0 Å². The molecule has 1 aliphatic heterocycles. The second-order valence-corrected chi connectivity index (χ2v) is 8.62. The molecular weight excluding hydrogens is 462 g/mol. The zero-order chi connectivity index (χ0) is 26.4. The molecule has 0 bridgehead atoms. The topological polar surface area (TPSA) is 104 Å². The van der Waals surface area contributed by atoms with Crippen LogP contribution in [0.2, 0.25) is 0 Å². The maximum absolute atomic E-state index is 13.4. The predicted molar refractivity (Wildman–Crippen MR) is 131 cm³/mol. The van der Waals surface area contributed by atoms with Crippen molar-refractivity contribution in [2.75, 3.05) is 6.54 Å². The van der Waals surface area contributed by atoms with Crippen LogP contribution >= 0.6 is 0 Å². The number of carbonyl (C=O) groups excluding carboxylic acids is 5. The number of benzene rings is 2. The minimum atomic E-state index is -1.36. The fraction of sp³-hybridized carbons (Fsp3) is 0.296. The van der Waals surface area contributed by atoms with Gasteiger partial charge in [0.15, 0.2) is 0 Å². The third-order valence-corrected chi connectivity index (χ3v) is 5.47. The van der Waals surface area contributed by atoms with E-state index in [1.807, 2.05) is 0 Å². The molecule has 0 spiro atoms. The standard InChI is InChI=1S/C27H29N3O6/c1-18(2)36-27(35)26(34)23(15-21-11-7-5-8-12-21)29(20(4)32)30-24(22-13-9-6-10-14-22)16-28(19(3)31)17-25(30)33/h5-14,16,18,23H,15,17H2,1-4H3/t23-/m0/s1. The number of hydrogen-bond acceptors (Lipinski definition) is 6. The zero-order valence-corrected chi connectivity index (χ0v) is 20.7. The number of esters is 1. The van der Waals surface area contributed by atoms with Crippen molar-refractivity contribution in [1.82, 2.24) is 14.9 Å². The van der Waals surface area contributed by atoms with Crippen molar-refractivity contribution in [2.45, 2.75) is 46.3 Å². The van der Waals surface area contributed by atoms with Gasteiger partial charge in [-0.1, -0.05) is 60.7 Å². The molecule has 1 heterocycles. The average molecular weight is 492 g/mol. The van der Waals surface area contributed by atoms with Gasteiger partial charge in [-0.3, -0.25) is 19.2 Å². The fourth-order valence-electron chi connectivity index (χ4n) is 3.87. The first-order valence-electron chi connectivity index (χ1n) is 11.6. The summed E-state index contributed by atoms with van der Waals surface area (Å²) in [5.41, 5.74) is 1.44. The van der Waals surface area contributed by atoms with Crippen molar-refractivity contribution in [2.24, 2.45) is 0 Å². The number of amides is 3. The van der Waals surface area contributed by atoms with Crippen molar-refractivity contribution >= 4 is 35.2 Å². The van der Waals surface area contributed by atoms with Crippen LogP contribution in [-0.2, 0) is 35.1 Å². The lowest BCUT2D eigenvalue weighted by Gasteiger charge is -2.43. The fourth-order valence-corrected chi connectivity index (χ4v) is 3.87. The number of hydrogen-bond donors (Lipinski definition) is 0. The normalized spacial score (nSPS) is 14.2. The van der Waals surface area contributed by atoms with Crippen LogP contribution in [0.5, 0.6) is 0 Å². The van der Waals surface area contributed by atoms with Crippen molar-refractivity contribution < 1.29 is 28.7 Å². The highest BCUT2D eigenvalue weighted by Gasteiger charge is 2.42. The van der Waals surface area contributed by atoms with Gasteiger partial charge in [0.25, 0.3) is 11.7 Å². The highest BCUT2D eigenvalue weighted by molar-refractivity contribution is 6.36. The van der Waals surface area contributed by atoms with Gasteiger partial charge in [-0.15, -0.1) is 0 Å². The first-order chi connectivity index (χ1) is 17.1. The number of carbonyl (C=O) groups is 5. The first kappa shape index (κ1) is 26.3. The number of Topliss-reactive ketones (excluding diaryl/α,β-unsaturated/α-hetero) is 1. The largest absolute Gasteiger partial charge is 0.457 e. The molecule has 188 valence electrons. The second kappa shape index (κ2) is 11.4. The Hall–Kier alpha value is -4.27. The highest BCUT2D eigenvalue weighted by atomic mass is 16.5. The summed E-state index contributed by atoms with van der Waals surface area (Å²) < 4.78 is 5.14. The van der Waals surface area contributed by atoms with Gasteiger partial charge >= 0.3 is 5.97 Å². The summed E-state index contributed by atoms with van der Waals surface area (Å²) in [5, 5.41) is 2.08. The van der Waals surface area contributed by atoms with Crippen LogP contribution in [0.3, 0.4) is 0 Å². The molecule has 0 aliphatic carbocycles. The number of nitrogens with zero attached hydrogens (tertiary/aromatic N) is 3. The maximum Gasteiger partial charge on any atom is 0.377 e. The molecule has 0 saturated carbocycles. The van der Waals surface area contributed by atoms with E-state index >= 15 is 0 Å². The molecule has 0 N–H and O–H groups in total. The summed E-state index contributed by atoms with van der Waals surface area (Å²) in [6.45, 7) is 5.43. The number of hydrazine groups is 1. The lowest BCUT2D eigenvalue weighted by atomic mass is 10.0. The van der Waals surface area contributed by atoms with Crippen LogP contribution in [-0.4, -0.2) is 63.1 Å². The molecule has 3 amide bonds. The lowest BCUT2D eigenvalue weighted by molar-refractivity contribution is -0.170. The van der Waals surface area contributed by atoms with Crippen LogP contribution in [0, 0.1) is 0 Å². The van der Waals surface area contributed by atoms with Crippen molar-refractivity contribution in [3.05, 3.63) is 78.0 Å². The maximum atomic E-state index is 13.4. The number of rotatable bonds is 8. The van der Waals surface area contributed by atoms with E-state index in [-0.39, 0.29) is 24.6 Å². The van der Waals surface area contributed by atoms with Crippen molar-refractivity contribution in [3.63, 3.8) is 0 Å². The lowest BCUT2D eigenvalue weighted by Crippen LogP contribution is -2.60. The van der Waals surface area contributed by atoms with Crippen molar-refractivity contribution in [1.29, 1.82) is 0 Å². The van der Waals surface area contributed by atoms with E-state index in [4.69, 9.17) is 4.74 Å². The van der Waals surface area contributed by atoms with Gasteiger partial charge in [0.05, 0.1) is 11.8 Å². The van der Waals surface area contributed by atoms with Gasteiger partial charge in [0.1, 0.15) is 12.6 Å². The minimum absolute atomic E-state index is 0.0330. The molecule has 36 heavy (non-hydrogen) atoms. The Bertz CT molecular complexity index is 1180. The molecule has 9 heteroatoms. The summed E-state index contributed by atoms with van der Waals surface area (Å²) >= 11 is 0. The molecule has 1 atom stereocenters. The second-order valence-electron chi connectivity index (χ2n) is 8.62. The summed E-state index contributed by atoms with van der Waals surface area (Å²) in [6, 6.07) is 16.2. The SMILES string of the molecule is CC(=O)N1C=C(c2ccccc2)N(N(C(C)=O)[C@@H](Cc2ccccc2)C(=O)C(=O)OC(C)C)C(=O)C1. The van der Waals surface area contributed by atoms with E-state index < -0.39 is 35.7 Å². The summed E-state index contributed by atoms with van der Waals surface area (Å²) in [7, 11) is 0. The van der Waals surface area contributed by atoms with Crippen LogP contribution in [0.25, 0.3) is 5.70 Å². The monoisotopic (exact) mass is 491 g/mol. The van der Waals surface area contributed by atoms with Gasteiger partial charge in [0, 0.05) is 32.0 Å². The molecule has 0 saturated heterocycles. The smallest absolute Gasteiger partial charge is 0.377 e. The van der Waals surface area contributed by atoms with Gasteiger partial charge < -0.3 is 9.64 Å². The van der Waals surface area contributed by atoms with Gasteiger partial charge in [-0.2, -0.15) is 0 Å². The first-order valence-corrected chi connectivity index (χ1v) is 11.6. The van der Waals surface area contributed by atoms with E-state index in [1.165, 1.54) is 24.9 Å². The van der Waals surface area contributed by atoms with Crippen LogP contribution in [0.1, 0.15) is 38.8 Å². The highest BCUT2D eigenvalue weighted by Crippen LogP contribution is 2.29. The summed E-state index contributed by atoms with van der Waals surface area (Å²) in [5.74, 6) is -3.66. The molecule has 0 aromatic heterocycles. The molecule has 1 aliphatic rings. The van der Waals surface area contributed by atoms with E-state index in [9.17, 15) is 24.0 Å². The Morgan fingerprint density at radius 3 is 2.06 bits per heavy atom. The number of ketones is 1. The van der Waals surface area contributed by atoms with Crippen LogP contribution < -0.4 is 0 Å². The molecule has 9 nitrogen and oxygen atoms in total. The minimum Gasteiger partial charge on any atom is -0.457 e. The molecule has 0 unspecified atom stereocenters. The Kier molecular flexibility index (Phi) is 8.37. The van der Waals surface area contributed by atoms with Crippen molar-refractivity contribution in [3.8, 4) is 0 Å². The average Bonchev–Trinajstić information content (AvgIpc) is 2.84. The Morgan fingerprint density at radius 1 is 0.944 bits per heavy atom. The van der Waals surface area contributed by atoms with E-state index in [0.29, 0.717) is 11.1 Å². The summed E-state index contributed by atoms with van der Waals surface area (Å²) in [4.78, 5) is 66.0. The van der Waals surface area contributed by atoms with E-state index in [1.54, 1.807) is 74.5 Å². The van der Waals surface area contributed by atoms with Gasteiger partial charge in [-0.25, -0.2) is 14.8 Å². The molecule has 0 radical (unpaired) electrons. The third-order valence-electron chi connectivity index (χ3n) is 5.47. The van der Waals surface area contributed by atoms with Crippen LogP contribution in [0.15, 0.2) is 66.9 Å². The Balaban J connectivity index is 2.16. The number of ether oxygens (including phenoxy) is 1. The summed E-state index contributed by atoms with van der Waals surface area (Å²) in [6.07, 6.45) is 0.880. The predicted octanol–water partition coefficient (Wildman–Crippen LogP) is 2.57. The molecular formula is C27H29N3O6. The van der Waals surface area contributed by atoms with Gasteiger partial charge in [-0.05, 0) is 19.4 Å². The van der Waals surface area contributed by atoms with E-state index in [0.717, 1.165) is 10.0 Å². The zero-order valence-electron chi connectivity index (χ0n) is 20.7. The Labute approximate surface area is 209 Å². The molecule has 3 rings (SSSR count). The third kappa shape index (κ3) is 6.04. The Morgan fingerprint density at radius 2 is 1.53 bits per heavy atom. The van der Waals surface area contributed by atoms with Gasteiger partial charge in [0.2, 0.25) is 11.8 Å².